The molecule has 1 aromatic carbocycles. The van der Waals surface area contributed by atoms with Crippen LogP contribution < -0.4 is 10.2 Å². The zero-order valence-electron chi connectivity index (χ0n) is 11.7. The lowest BCUT2D eigenvalue weighted by molar-refractivity contribution is 0.0839. The summed E-state index contributed by atoms with van der Waals surface area (Å²) in [6.07, 6.45) is 1.98. The van der Waals surface area contributed by atoms with Crippen LogP contribution in [0.15, 0.2) is 22.7 Å². The van der Waals surface area contributed by atoms with E-state index in [0.29, 0.717) is 0 Å². The Labute approximate surface area is 124 Å². The van der Waals surface area contributed by atoms with Gasteiger partial charge < -0.3 is 15.3 Å². The summed E-state index contributed by atoms with van der Waals surface area (Å²) in [5.74, 6) is 0. The Morgan fingerprint density at radius 3 is 2.89 bits per heavy atom. The topological polar surface area (TPSA) is 35.5 Å². The molecule has 1 heterocycles. The van der Waals surface area contributed by atoms with Crippen LogP contribution in [-0.2, 0) is 6.54 Å². The highest BCUT2D eigenvalue weighted by Gasteiger charge is 2.32. The Hall–Kier alpha value is -0.580. The van der Waals surface area contributed by atoms with Gasteiger partial charge in [0.25, 0.3) is 0 Å². The molecule has 3 nitrogen and oxygen atoms in total. The Morgan fingerprint density at radius 2 is 2.26 bits per heavy atom. The van der Waals surface area contributed by atoms with Gasteiger partial charge >= 0.3 is 0 Å². The number of nitrogens with zero attached hydrogens (tertiary/aromatic N) is 1. The maximum Gasteiger partial charge on any atom is 0.0810 e. The second kappa shape index (κ2) is 6.25. The quantitative estimate of drug-likeness (QED) is 0.817. The molecule has 19 heavy (non-hydrogen) atoms. The molecule has 0 aliphatic carbocycles. The van der Waals surface area contributed by atoms with Gasteiger partial charge in [0, 0.05) is 29.8 Å². The third-order valence-electron chi connectivity index (χ3n) is 3.58. The molecular formula is C15H23BrN2O. The van der Waals surface area contributed by atoms with Gasteiger partial charge in [-0.15, -0.1) is 0 Å². The van der Waals surface area contributed by atoms with Crippen LogP contribution >= 0.6 is 15.9 Å². The maximum absolute atomic E-state index is 10.1. The lowest BCUT2D eigenvalue weighted by Gasteiger charge is -2.24. The smallest absolute Gasteiger partial charge is 0.0810 e. The van der Waals surface area contributed by atoms with Gasteiger partial charge in [-0.25, -0.2) is 0 Å². The predicted octanol–water partition coefficient (Wildman–Crippen LogP) is 2.91. The van der Waals surface area contributed by atoms with Gasteiger partial charge in [-0.05, 0) is 50.1 Å². The standard InChI is InChI=1S/C15H23BrN2O/c1-3-7-17-10-12-9-13(16)4-5-14(12)18-8-6-15(2,19)11-18/h4-5,9,17,19H,3,6-8,10-11H2,1-2H3. The van der Waals surface area contributed by atoms with Gasteiger partial charge in [0.05, 0.1) is 5.60 Å². The van der Waals surface area contributed by atoms with Gasteiger partial charge in [0.1, 0.15) is 0 Å². The normalized spacial score (nSPS) is 23.1. The Bertz CT molecular complexity index is 434. The van der Waals surface area contributed by atoms with Gasteiger partial charge in [0.2, 0.25) is 0 Å². The lowest BCUT2D eigenvalue weighted by Crippen LogP contribution is -2.30. The molecule has 1 saturated heterocycles. The van der Waals surface area contributed by atoms with Crippen LogP contribution in [0.4, 0.5) is 5.69 Å². The Kier molecular flexibility index (Phi) is 4.87. The third kappa shape index (κ3) is 3.94. The molecule has 0 bridgehead atoms. The van der Waals surface area contributed by atoms with Crippen molar-refractivity contribution in [3.8, 4) is 0 Å². The average Bonchev–Trinajstić information content (AvgIpc) is 2.70. The molecule has 0 spiro atoms. The maximum atomic E-state index is 10.1. The average molecular weight is 327 g/mol. The van der Waals surface area contributed by atoms with E-state index in [1.54, 1.807) is 0 Å². The van der Waals surface area contributed by atoms with Gasteiger partial charge in [-0.1, -0.05) is 22.9 Å². The second-order valence-corrected chi connectivity index (χ2v) is 6.53. The molecule has 2 N–H and O–H groups in total. The molecule has 0 radical (unpaired) electrons. The van der Waals surface area contributed by atoms with Crippen molar-refractivity contribution >= 4 is 21.6 Å². The first-order valence-electron chi connectivity index (χ1n) is 6.98. The van der Waals surface area contributed by atoms with Crippen molar-refractivity contribution < 1.29 is 5.11 Å². The Morgan fingerprint density at radius 1 is 1.47 bits per heavy atom. The van der Waals surface area contributed by atoms with Crippen molar-refractivity contribution in [3.05, 3.63) is 28.2 Å². The van der Waals surface area contributed by atoms with Crippen LogP contribution in [0.25, 0.3) is 0 Å². The summed E-state index contributed by atoms with van der Waals surface area (Å²) < 4.78 is 1.11. The molecule has 1 aromatic rings. The van der Waals surface area contributed by atoms with E-state index in [1.165, 1.54) is 11.3 Å². The van der Waals surface area contributed by atoms with E-state index in [1.807, 2.05) is 6.92 Å². The summed E-state index contributed by atoms with van der Waals surface area (Å²) in [7, 11) is 0. The number of rotatable bonds is 5. The fourth-order valence-corrected chi connectivity index (χ4v) is 2.96. The molecule has 106 valence electrons. The number of hydrogen-bond donors (Lipinski definition) is 2. The first-order chi connectivity index (χ1) is 9.02. The van der Waals surface area contributed by atoms with E-state index < -0.39 is 5.60 Å². The highest BCUT2D eigenvalue weighted by Crippen LogP contribution is 2.30. The fraction of sp³-hybridized carbons (Fsp3) is 0.600. The van der Waals surface area contributed by atoms with Crippen molar-refractivity contribution in [2.45, 2.75) is 38.8 Å². The molecule has 0 aromatic heterocycles. The van der Waals surface area contributed by atoms with Crippen molar-refractivity contribution in [1.82, 2.24) is 5.32 Å². The molecule has 2 rings (SSSR count). The highest BCUT2D eigenvalue weighted by molar-refractivity contribution is 9.10. The van der Waals surface area contributed by atoms with Crippen LogP contribution in [0.1, 0.15) is 32.3 Å². The SMILES string of the molecule is CCCNCc1cc(Br)ccc1N1CCC(C)(O)C1. The number of anilines is 1. The minimum absolute atomic E-state index is 0.554. The number of halogens is 1. The van der Waals surface area contributed by atoms with E-state index in [-0.39, 0.29) is 0 Å². The van der Waals surface area contributed by atoms with E-state index in [2.05, 4.69) is 51.3 Å². The minimum atomic E-state index is -0.554. The molecular weight excluding hydrogens is 304 g/mol. The minimum Gasteiger partial charge on any atom is -0.388 e. The molecule has 0 saturated carbocycles. The van der Waals surface area contributed by atoms with E-state index in [9.17, 15) is 5.11 Å². The zero-order valence-corrected chi connectivity index (χ0v) is 13.3. The molecule has 1 unspecified atom stereocenters. The van der Waals surface area contributed by atoms with Crippen LogP contribution in [-0.4, -0.2) is 30.3 Å². The van der Waals surface area contributed by atoms with Crippen LogP contribution in [0.5, 0.6) is 0 Å². The number of hydrogen-bond acceptors (Lipinski definition) is 3. The van der Waals surface area contributed by atoms with Crippen molar-refractivity contribution in [3.63, 3.8) is 0 Å². The number of benzene rings is 1. The first kappa shape index (κ1) is 14.8. The summed E-state index contributed by atoms with van der Waals surface area (Å²) in [5.41, 5.74) is 1.98. The van der Waals surface area contributed by atoms with E-state index in [0.717, 1.165) is 43.5 Å². The first-order valence-corrected chi connectivity index (χ1v) is 7.77. The fourth-order valence-electron chi connectivity index (χ4n) is 2.55. The monoisotopic (exact) mass is 326 g/mol. The Balaban J connectivity index is 2.15. The molecule has 0 amide bonds. The summed E-state index contributed by atoms with van der Waals surface area (Å²) in [4.78, 5) is 2.29. The lowest BCUT2D eigenvalue weighted by atomic mass is 10.1. The summed E-state index contributed by atoms with van der Waals surface area (Å²) in [6, 6.07) is 6.39. The predicted molar refractivity (Wildman–Crippen MR) is 83.6 cm³/mol. The second-order valence-electron chi connectivity index (χ2n) is 5.62. The van der Waals surface area contributed by atoms with E-state index >= 15 is 0 Å². The van der Waals surface area contributed by atoms with Crippen LogP contribution in [0.2, 0.25) is 0 Å². The molecule has 1 aliphatic rings. The van der Waals surface area contributed by atoms with Gasteiger partial charge in [0.15, 0.2) is 0 Å². The van der Waals surface area contributed by atoms with Gasteiger partial charge in [-0.2, -0.15) is 0 Å². The van der Waals surface area contributed by atoms with Crippen molar-refractivity contribution in [2.24, 2.45) is 0 Å². The third-order valence-corrected chi connectivity index (χ3v) is 4.07. The summed E-state index contributed by atoms with van der Waals surface area (Å²) >= 11 is 3.54. The largest absolute Gasteiger partial charge is 0.388 e. The molecule has 1 aliphatic heterocycles. The van der Waals surface area contributed by atoms with Gasteiger partial charge in [-0.3, -0.25) is 0 Å². The van der Waals surface area contributed by atoms with E-state index in [4.69, 9.17) is 0 Å². The number of nitrogens with one attached hydrogen (secondary N) is 1. The van der Waals surface area contributed by atoms with Crippen LogP contribution in [0, 0.1) is 0 Å². The number of aliphatic hydroxyl groups is 1. The highest BCUT2D eigenvalue weighted by atomic mass is 79.9. The van der Waals surface area contributed by atoms with Crippen LogP contribution in [0.3, 0.4) is 0 Å². The number of β-amino-alcohol motifs (C(OH)–C–C–N with tert-alkyl or cyclic N) is 1. The summed E-state index contributed by atoms with van der Waals surface area (Å²) in [5, 5.41) is 13.6. The molecule has 1 fully saturated rings. The molecule has 1 atom stereocenters. The van der Waals surface area contributed by atoms with Crippen molar-refractivity contribution in [1.29, 1.82) is 0 Å². The van der Waals surface area contributed by atoms with Crippen molar-refractivity contribution in [2.75, 3.05) is 24.5 Å². The summed E-state index contributed by atoms with van der Waals surface area (Å²) in [6.45, 7) is 7.64. The zero-order chi connectivity index (χ0) is 13.9. The molecule has 4 heteroatoms.